The lowest BCUT2D eigenvalue weighted by Crippen LogP contribution is -2.36. The van der Waals surface area contributed by atoms with E-state index in [1.54, 1.807) is 0 Å². The van der Waals surface area contributed by atoms with Gasteiger partial charge in [-0.25, -0.2) is 13.1 Å². The van der Waals surface area contributed by atoms with E-state index < -0.39 is 21.7 Å². The SMILES string of the molecule is O=C(O)CS(=O)(=O)NC1CCCC1. The van der Waals surface area contributed by atoms with Crippen LogP contribution in [-0.2, 0) is 14.8 Å². The van der Waals surface area contributed by atoms with Crippen LogP contribution in [0, 0.1) is 0 Å². The van der Waals surface area contributed by atoms with Crippen LogP contribution >= 0.6 is 0 Å². The van der Waals surface area contributed by atoms with Gasteiger partial charge in [0.2, 0.25) is 10.0 Å². The quantitative estimate of drug-likeness (QED) is 0.676. The molecule has 0 atom stereocenters. The molecule has 0 spiro atoms. The van der Waals surface area contributed by atoms with Gasteiger partial charge in [-0.1, -0.05) is 12.8 Å². The van der Waals surface area contributed by atoms with Crippen LogP contribution < -0.4 is 4.72 Å². The molecule has 0 unspecified atom stereocenters. The molecule has 0 saturated heterocycles. The summed E-state index contributed by atoms with van der Waals surface area (Å²) in [6.45, 7) is 0. The van der Waals surface area contributed by atoms with Crippen molar-refractivity contribution in [3.8, 4) is 0 Å². The maximum absolute atomic E-state index is 11.1. The molecule has 0 aromatic heterocycles. The molecule has 1 aliphatic carbocycles. The van der Waals surface area contributed by atoms with Crippen LogP contribution in [0.1, 0.15) is 25.7 Å². The Balaban J connectivity index is 2.46. The number of hydrogen-bond acceptors (Lipinski definition) is 3. The third-order valence-corrected chi connectivity index (χ3v) is 3.33. The third-order valence-electron chi connectivity index (χ3n) is 2.01. The van der Waals surface area contributed by atoms with Crippen LogP contribution in [-0.4, -0.2) is 31.3 Å². The van der Waals surface area contributed by atoms with Crippen LogP contribution in [0.2, 0.25) is 0 Å². The fourth-order valence-corrected chi connectivity index (χ4v) is 2.65. The van der Waals surface area contributed by atoms with Crippen LogP contribution in [0.4, 0.5) is 0 Å². The third kappa shape index (κ3) is 3.73. The van der Waals surface area contributed by atoms with Gasteiger partial charge in [0.1, 0.15) is 0 Å². The van der Waals surface area contributed by atoms with Crippen molar-refractivity contribution in [1.29, 1.82) is 0 Å². The smallest absolute Gasteiger partial charge is 0.320 e. The summed E-state index contributed by atoms with van der Waals surface area (Å²) in [5.74, 6) is -2.14. The fourth-order valence-electron chi connectivity index (χ4n) is 1.50. The first-order chi connectivity index (χ1) is 5.99. The van der Waals surface area contributed by atoms with E-state index in [1.807, 2.05) is 0 Å². The standard InChI is InChI=1S/C7H13NO4S/c9-7(10)5-13(11,12)8-6-3-1-2-4-6/h6,8H,1-5H2,(H,9,10). The zero-order valence-electron chi connectivity index (χ0n) is 7.19. The number of aliphatic carboxylic acids is 1. The lowest BCUT2D eigenvalue weighted by Gasteiger charge is -2.10. The molecule has 1 saturated carbocycles. The highest BCUT2D eigenvalue weighted by Gasteiger charge is 2.22. The van der Waals surface area contributed by atoms with E-state index in [2.05, 4.69) is 4.72 Å². The van der Waals surface area contributed by atoms with Crippen molar-refractivity contribution >= 4 is 16.0 Å². The van der Waals surface area contributed by atoms with Crippen molar-refractivity contribution in [3.63, 3.8) is 0 Å². The largest absolute Gasteiger partial charge is 0.480 e. The van der Waals surface area contributed by atoms with Gasteiger partial charge < -0.3 is 5.11 Å². The van der Waals surface area contributed by atoms with Crippen LogP contribution in [0.25, 0.3) is 0 Å². The normalized spacial score (nSPS) is 19.1. The molecule has 0 bridgehead atoms. The second-order valence-corrected chi connectivity index (χ2v) is 5.01. The van der Waals surface area contributed by atoms with Crippen molar-refractivity contribution in [3.05, 3.63) is 0 Å². The lowest BCUT2D eigenvalue weighted by molar-refractivity contribution is -0.134. The van der Waals surface area contributed by atoms with Gasteiger partial charge >= 0.3 is 5.97 Å². The first-order valence-corrected chi connectivity index (χ1v) is 5.86. The van der Waals surface area contributed by atoms with Crippen LogP contribution in [0.15, 0.2) is 0 Å². The highest BCUT2D eigenvalue weighted by Crippen LogP contribution is 2.18. The van der Waals surface area contributed by atoms with E-state index >= 15 is 0 Å². The molecule has 1 aliphatic rings. The van der Waals surface area contributed by atoms with Crippen LogP contribution in [0.5, 0.6) is 0 Å². The summed E-state index contributed by atoms with van der Waals surface area (Å²) in [6.07, 6.45) is 3.66. The van der Waals surface area contributed by atoms with Gasteiger partial charge in [0.25, 0.3) is 0 Å². The summed E-state index contributed by atoms with van der Waals surface area (Å²) in [4.78, 5) is 10.2. The zero-order chi connectivity index (χ0) is 9.90. The topological polar surface area (TPSA) is 83.5 Å². The minimum Gasteiger partial charge on any atom is -0.480 e. The van der Waals surface area contributed by atoms with E-state index in [0.29, 0.717) is 0 Å². The summed E-state index contributed by atoms with van der Waals surface area (Å²) >= 11 is 0. The molecule has 0 aromatic rings. The van der Waals surface area contributed by atoms with Gasteiger partial charge in [0, 0.05) is 6.04 Å². The molecule has 0 heterocycles. The Hall–Kier alpha value is -0.620. The molecule has 0 aromatic carbocycles. The van der Waals surface area contributed by atoms with Gasteiger partial charge in [0.05, 0.1) is 0 Å². The van der Waals surface area contributed by atoms with Crippen LogP contribution in [0.3, 0.4) is 0 Å². The number of carboxylic acids is 1. The lowest BCUT2D eigenvalue weighted by atomic mass is 10.3. The van der Waals surface area contributed by atoms with Gasteiger partial charge in [-0.15, -0.1) is 0 Å². The van der Waals surface area contributed by atoms with Gasteiger partial charge in [-0.3, -0.25) is 4.79 Å². The maximum atomic E-state index is 11.1. The van der Waals surface area contributed by atoms with Crippen molar-refractivity contribution in [1.82, 2.24) is 4.72 Å². The number of sulfonamides is 1. The summed E-state index contributed by atoms with van der Waals surface area (Å²) in [5.41, 5.74) is 0. The Kier molecular flexibility index (Phi) is 3.27. The summed E-state index contributed by atoms with van der Waals surface area (Å²) in [7, 11) is -3.61. The Labute approximate surface area is 77.2 Å². The monoisotopic (exact) mass is 207 g/mol. The molecule has 76 valence electrons. The molecule has 1 fully saturated rings. The van der Waals surface area contributed by atoms with Crippen molar-refractivity contribution in [2.45, 2.75) is 31.7 Å². The number of carbonyl (C=O) groups is 1. The maximum Gasteiger partial charge on any atom is 0.320 e. The predicted octanol–water partition coefficient (Wildman–Crippen LogP) is -0.0670. The van der Waals surface area contributed by atoms with E-state index in [1.165, 1.54) is 0 Å². The van der Waals surface area contributed by atoms with Crippen molar-refractivity contribution < 1.29 is 18.3 Å². The zero-order valence-corrected chi connectivity index (χ0v) is 8.01. The number of carboxylic acid groups (broad SMARTS) is 1. The van der Waals surface area contributed by atoms with E-state index in [-0.39, 0.29) is 6.04 Å². The second-order valence-electron chi connectivity index (χ2n) is 3.25. The fraction of sp³-hybridized carbons (Fsp3) is 0.857. The molecule has 5 nitrogen and oxygen atoms in total. The Bertz CT molecular complexity index is 279. The number of hydrogen-bond donors (Lipinski definition) is 2. The van der Waals surface area contributed by atoms with E-state index in [0.717, 1.165) is 25.7 Å². The molecule has 2 N–H and O–H groups in total. The molecule has 1 rings (SSSR count). The Morgan fingerprint density at radius 1 is 1.38 bits per heavy atom. The Morgan fingerprint density at radius 3 is 2.38 bits per heavy atom. The summed E-state index contributed by atoms with van der Waals surface area (Å²) in [6, 6.07) is -0.0515. The number of nitrogens with one attached hydrogen (secondary N) is 1. The number of rotatable bonds is 4. The second kappa shape index (κ2) is 4.06. The molecule has 0 amide bonds. The first-order valence-electron chi connectivity index (χ1n) is 4.21. The minimum atomic E-state index is -3.61. The highest BCUT2D eigenvalue weighted by atomic mass is 32.2. The molecular weight excluding hydrogens is 194 g/mol. The minimum absolute atomic E-state index is 0.0515. The molecule has 0 aliphatic heterocycles. The average Bonchev–Trinajstić information content (AvgIpc) is 2.34. The first kappa shape index (κ1) is 10.5. The highest BCUT2D eigenvalue weighted by molar-refractivity contribution is 7.90. The van der Waals surface area contributed by atoms with Gasteiger partial charge in [-0.2, -0.15) is 0 Å². The van der Waals surface area contributed by atoms with E-state index in [9.17, 15) is 13.2 Å². The van der Waals surface area contributed by atoms with Gasteiger partial charge in [0.15, 0.2) is 5.75 Å². The summed E-state index contributed by atoms with van der Waals surface area (Å²) < 4.78 is 24.6. The van der Waals surface area contributed by atoms with E-state index in [4.69, 9.17) is 5.11 Å². The summed E-state index contributed by atoms with van der Waals surface area (Å²) in [5, 5.41) is 8.30. The molecular formula is C7H13NO4S. The Morgan fingerprint density at radius 2 is 1.92 bits per heavy atom. The molecule has 6 heteroatoms. The van der Waals surface area contributed by atoms with Crippen molar-refractivity contribution in [2.24, 2.45) is 0 Å². The average molecular weight is 207 g/mol. The molecule has 13 heavy (non-hydrogen) atoms. The van der Waals surface area contributed by atoms with Gasteiger partial charge in [-0.05, 0) is 12.8 Å². The molecule has 0 radical (unpaired) electrons. The predicted molar refractivity (Wildman–Crippen MR) is 46.8 cm³/mol. The van der Waals surface area contributed by atoms with Crippen molar-refractivity contribution in [2.75, 3.05) is 5.75 Å².